The Morgan fingerprint density at radius 2 is 1.80 bits per heavy atom. The van der Waals surface area contributed by atoms with Crippen molar-refractivity contribution in [2.45, 2.75) is 0 Å². The number of rotatable bonds is 6. The second-order valence-corrected chi connectivity index (χ2v) is 5.04. The second-order valence-electron chi connectivity index (χ2n) is 4.63. The number of anilines is 1. The predicted octanol–water partition coefficient (Wildman–Crippen LogP) is 3.31. The molecule has 1 N–H and O–H groups in total. The van der Waals surface area contributed by atoms with E-state index in [4.69, 9.17) is 16.3 Å². The summed E-state index contributed by atoms with van der Waals surface area (Å²) >= 11 is 5.66. The summed E-state index contributed by atoms with van der Waals surface area (Å²) in [6, 6.07) is 6.51. The summed E-state index contributed by atoms with van der Waals surface area (Å²) in [6.07, 6.45) is 0. The topological polar surface area (TPSA) is 125 Å². The molecule has 0 radical (unpaired) electrons. The van der Waals surface area contributed by atoms with E-state index in [-0.39, 0.29) is 22.1 Å². The van der Waals surface area contributed by atoms with Crippen molar-refractivity contribution in [3.63, 3.8) is 0 Å². The molecule has 9 nitrogen and oxygen atoms in total. The van der Waals surface area contributed by atoms with E-state index in [9.17, 15) is 29.4 Å². The summed E-state index contributed by atoms with van der Waals surface area (Å²) in [4.78, 5) is 31.5. The highest BCUT2D eigenvalue weighted by atomic mass is 35.5. The zero-order chi connectivity index (χ0) is 18.6. The number of carbonyl (C=O) groups is 1. The minimum atomic E-state index is -1.10. The number of benzene rings is 2. The Balaban J connectivity index is 1.99. The molecular formula is C14H9ClFN3O6. The molecule has 0 heterocycles. The minimum Gasteiger partial charge on any atom is -0.484 e. The first kappa shape index (κ1) is 18.1. The molecule has 25 heavy (non-hydrogen) atoms. The molecule has 0 aliphatic heterocycles. The van der Waals surface area contributed by atoms with Crippen molar-refractivity contribution in [1.82, 2.24) is 0 Å². The van der Waals surface area contributed by atoms with Gasteiger partial charge in [-0.1, -0.05) is 11.6 Å². The first-order chi connectivity index (χ1) is 11.8. The van der Waals surface area contributed by atoms with Gasteiger partial charge in [0, 0.05) is 23.9 Å². The number of nitrogens with zero attached hydrogens (tertiary/aromatic N) is 2. The van der Waals surface area contributed by atoms with Crippen LogP contribution in [-0.4, -0.2) is 22.4 Å². The first-order valence-electron chi connectivity index (χ1n) is 6.58. The first-order valence-corrected chi connectivity index (χ1v) is 6.96. The van der Waals surface area contributed by atoms with Crippen molar-refractivity contribution in [2.24, 2.45) is 0 Å². The largest absolute Gasteiger partial charge is 0.484 e. The number of hydrogen-bond acceptors (Lipinski definition) is 6. The molecule has 0 spiro atoms. The molecule has 0 atom stereocenters. The van der Waals surface area contributed by atoms with E-state index in [0.29, 0.717) is 0 Å². The monoisotopic (exact) mass is 369 g/mol. The lowest BCUT2D eigenvalue weighted by Crippen LogP contribution is -2.20. The minimum absolute atomic E-state index is 0.0828. The van der Waals surface area contributed by atoms with Gasteiger partial charge >= 0.3 is 5.69 Å². The van der Waals surface area contributed by atoms with Crippen molar-refractivity contribution in [3.05, 3.63) is 67.5 Å². The van der Waals surface area contributed by atoms with Crippen LogP contribution in [0.15, 0.2) is 36.4 Å². The fourth-order valence-corrected chi connectivity index (χ4v) is 1.99. The third-order valence-electron chi connectivity index (χ3n) is 2.91. The molecule has 130 valence electrons. The molecule has 0 fully saturated rings. The number of halogens is 2. The number of carbonyl (C=O) groups excluding carboxylic acids is 1. The molecule has 0 saturated heterocycles. The zero-order valence-corrected chi connectivity index (χ0v) is 13.0. The van der Waals surface area contributed by atoms with E-state index in [1.54, 1.807) is 0 Å². The Labute approximate surface area is 144 Å². The lowest BCUT2D eigenvalue weighted by molar-refractivity contribution is -0.387. The van der Waals surface area contributed by atoms with Gasteiger partial charge in [0.05, 0.1) is 9.85 Å². The summed E-state index contributed by atoms with van der Waals surface area (Å²) in [7, 11) is 0. The molecule has 11 heteroatoms. The molecule has 2 aromatic carbocycles. The van der Waals surface area contributed by atoms with E-state index >= 15 is 0 Å². The SMILES string of the molecule is O=C(COc1ccc([N+](=O)[O-])c(F)c1)Nc1ccc(Cl)c([N+](=O)[O-])c1. The van der Waals surface area contributed by atoms with Gasteiger partial charge in [-0.25, -0.2) is 0 Å². The molecule has 0 aromatic heterocycles. The van der Waals surface area contributed by atoms with Crippen LogP contribution in [0.4, 0.5) is 21.5 Å². The van der Waals surface area contributed by atoms with Crippen molar-refractivity contribution >= 4 is 34.6 Å². The molecule has 0 aliphatic carbocycles. The average Bonchev–Trinajstić information content (AvgIpc) is 2.54. The van der Waals surface area contributed by atoms with Gasteiger partial charge in [-0.05, 0) is 18.2 Å². The quantitative estimate of drug-likeness (QED) is 0.615. The van der Waals surface area contributed by atoms with Crippen molar-refractivity contribution in [2.75, 3.05) is 11.9 Å². The van der Waals surface area contributed by atoms with Crippen LogP contribution in [0, 0.1) is 26.0 Å². The van der Waals surface area contributed by atoms with Crippen LogP contribution >= 0.6 is 11.6 Å². The van der Waals surface area contributed by atoms with Crippen LogP contribution in [0.25, 0.3) is 0 Å². The molecule has 1 amide bonds. The van der Waals surface area contributed by atoms with Crippen LogP contribution in [0.1, 0.15) is 0 Å². The van der Waals surface area contributed by atoms with Crippen LogP contribution in [0.2, 0.25) is 5.02 Å². The highest BCUT2D eigenvalue weighted by molar-refractivity contribution is 6.32. The summed E-state index contributed by atoms with van der Waals surface area (Å²) in [5, 5.41) is 23.6. The molecule has 2 aromatic rings. The fourth-order valence-electron chi connectivity index (χ4n) is 1.80. The van der Waals surface area contributed by atoms with Gasteiger partial charge in [0.1, 0.15) is 10.8 Å². The molecule has 2 rings (SSSR count). The van der Waals surface area contributed by atoms with Crippen LogP contribution in [0.3, 0.4) is 0 Å². The van der Waals surface area contributed by atoms with Gasteiger partial charge < -0.3 is 10.1 Å². The van der Waals surface area contributed by atoms with Crippen molar-refractivity contribution in [1.29, 1.82) is 0 Å². The van der Waals surface area contributed by atoms with Gasteiger partial charge in [-0.3, -0.25) is 25.0 Å². The van der Waals surface area contributed by atoms with E-state index in [2.05, 4.69) is 5.32 Å². The van der Waals surface area contributed by atoms with Crippen LogP contribution in [-0.2, 0) is 4.79 Å². The standard InChI is InChI=1S/C14H9ClFN3O6/c15-10-3-1-8(5-13(10)19(23)24)17-14(20)7-25-9-2-4-12(18(21)22)11(16)6-9/h1-6H,7H2,(H,17,20). The number of amides is 1. The smallest absolute Gasteiger partial charge is 0.305 e. The van der Waals surface area contributed by atoms with Gasteiger partial charge in [-0.15, -0.1) is 0 Å². The third kappa shape index (κ3) is 4.61. The molecule has 0 bridgehead atoms. The van der Waals surface area contributed by atoms with E-state index in [0.717, 1.165) is 24.3 Å². The number of nitro groups is 2. The van der Waals surface area contributed by atoms with Crippen LogP contribution < -0.4 is 10.1 Å². The Kier molecular flexibility index (Phi) is 5.45. The van der Waals surface area contributed by atoms with Gasteiger partial charge in [0.25, 0.3) is 11.6 Å². The highest BCUT2D eigenvalue weighted by Gasteiger charge is 2.16. The molecule has 0 saturated carbocycles. The van der Waals surface area contributed by atoms with Crippen LogP contribution in [0.5, 0.6) is 5.75 Å². The maximum absolute atomic E-state index is 13.4. The maximum atomic E-state index is 13.4. The zero-order valence-electron chi connectivity index (χ0n) is 12.3. The van der Waals surface area contributed by atoms with Gasteiger partial charge in [0.2, 0.25) is 5.82 Å². The number of hydrogen-bond donors (Lipinski definition) is 1. The fraction of sp³-hybridized carbons (Fsp3) is 0.0714. The maximum Gasteiger partial charge on any atom is 0.305 e. The number of nitrogens with one attached hydrogen (secondary N) is 1. The summed E-state index contributed by atoms with van der Waals surface area (Å²) in [6.45, 7) is -0.534. The Morgan fingerprint density at radius 1 is 1.12 bits per heavy atom. The molecule has 0 aliphatic rings. The lowest BCUT2D eigenvalue weighted by Gasteiger charge is -2.08. The van der Waals surface area contributed by atoms with E-state index < -0.39 is 33.9 Å². The Bertz CT molecular complexity index is 860. The van der Waals surface area contributed by atoms with E-state index in [1.807, 2.05) is 0 Å². The van der Waals surface area contributed by atoms with Gasteiger partial charge in [0.15, 0.2) is 6.61 Å². The van der Waals surface area contributed by atoms with Gasteiger partial charge in [-0.2, -0.15) is 4.39 Å². The molecular weight excluding hydrogens is 361 g/mol. The van der Waals surface area contributed by atoms with Crippen molar-refractivity contribution in [3.8, 4) is 5.75 Å². The summed E-state index contributed by atoms with van der Waals surface area (Å²) in [5.41, 5.74) is -0.970. The average molecular weight is 370 g/mol. The number of nitro benzene ring substituents is 2. The summed E-state index contributed by atoms with van der Waals surface area (Å²) < 4.78 is 18.5. The summed E-state index contributed by atoms with van der Waals surface area (Å²) in [5.74, 6) is -1.85. The normalized spacial score (nSPS) is 10.2. The van der Waals surface area contributed by atoms with E-state index in [1.165, 1.54) is 12.1 Å². The lowest BCUT2D eigenvalue weighted by atomic mass is 10.3. The predicted molar refractivity (Wildman–Crippen MR) is 85.3 cm³/mol. The third-order valence-corrected chi connectivity index (χ3v) is 3.23. The molecule has 0 unspecified atom stereocenters. The number of ether oxygens (including phenoxy) is 1. The second kappa shape index (κ2) is 7.53. The Morgan fingerprint density at radius 3 is 2.40 bits per heavy atom. The highest BCUT2D eigenvalue weighted by Crippen LogP contribution is 2.27. The Hall–Kier alpha value is -3.27. The van der Waals surface area contributed by atoms with Crippen molar-refractivity contribution < 1.29 is 23.8 Å².